The number of hydrogen-bond acceptors (Lipinski definition) is 5. The first-order chi connectivity index (χ1) is 15.1. The van der Waals surface area contributed by atoms with Crippen LogP contribution in [0.5, 0.6) is 0 Å². The second kappa shape index (κ2) is 8.07. The predicted octanol–water partition coefficient (Wildman–Crippen LogP) is 4.13. The maximum absolute atomic E-state index is 13.6. The largest absolute Gasteiger partial charge is 0.353 e. The normalized spacial score (nSPS) is 15.2. The summed E-state index contributed by atoms with van der Waals surface area (Å²) in [7, 11) is 0. The summed E-state index contributed by atoms with van der Waals surface area (Å²) in [5.41, 5.74) is 4.52. The molecule has 7 heteroatoms. The first-order valence-corrected chi connectivity index (χ1v) is 10.6. The van der Waals surface area contributed by atoms with Crippen LogP contribution >= 0.6 is 0 Å². The van der Waals surface area contributed by atoms with E-state index in [1.165, 1.54) is 12.1 Å². The highest BCUT2D eigenvalue weighted by molar-refractivity contribution is 5.81. The molecule has 1 aromatic carbocycles. The molecule has 6 nitrogen and oxygen atoms in total. The molecular formula is C24H25FN6. The molecule has 4 aromatic rings. The van der Waals surface area contributed by atoms with Gasteiger partial charge in [-0.2, -0.15) is 0 Å². The van der Waals surface area contributed by atoms with Crippen molar-refractivity contribution in [1.29, 1.82) is 0 Å². The van der Waals surface area contributed by atoms with Gasteiger partial charge in [-0.15, -0.1) is 5.10 Å². The number of aromatic nitrogens is 4. The Morgan fingerprint density at radius 2 is 1.61 bits per heavy atom. The average Bonchev–Trinajstić information content (AvgIpc) is 3.24. The minimum Gasteiger partial charge on any atom is -0.353 e. The van der Waals surface area contributed by atoms with Gasteiger partial charge in [-0.3, -0.25) is 9.88 Å². The van der Waals surface area contributed by atoms with Crippen LogP contribution in [0.2, 0.25) is 0 Å². The number of fused-ring (bicyclic) bond motifs is 1. The Labute approximate surface area is 181 Å². The van der Waals surface area contributed by atoms with E-state index >= 15 is 0 Å². The van der Waals surface area contributed by atoms with Crippen LogP contribution < -0.4 is 4.90 Å². The second-order valence-corrected chi connectivity index (χ2v) is 8.15. The fourth-order valence-corrected chi connectivity index (χ4v) is 4.14. The van der Waals surface area contributed by atoms with Crippen LogP contribution in [0.1, 0.15) is 13.8 Å². The van der Waals surface area contributed by atoms with E-state index in [4.69, 9.17) is 5.10 Å². The highest BCUT2D eigenvalue weighted by Gasteiger charge is 2.22. The third kappa shape index (κ3) is 3.77. The van der Waals surface area contributed by atoms with Crippen LogP contribution in [-0.4, -0.2) is 56.7 Å². The lowest BCUT2D eigenvalue weighted by Gasteiger charge is -2.37. The molecule has 1 aliphatic heterocycles. The number of hydrogen-bond donors (Lipinski definition) is 0. The van der Waals surface area contributed by atoms with Gasteiger partial charge in [0.2, 0.25) is 0 Å². The number of rotatable bonds is 4. The molecule has 0 spiro atoms. The van der Waals surface area contributed by atoms with Gasteiger partial charge in [-0.25, -0.2) is 13.9 Å². The van der Waals surface area contributed by atoms with E-state index in [1.54, 1.807) is 24.5 Å². The molecule has 5 rings (SSSR count). The van der Waals surface area contributed by atoms with Gasteiger partial charge < -0.3 is 4.90 Å². The molecule has 0 radical (unpaired) electrons. The highest BCUT2D eigenvalue weighted by Crippen LogP contribution is 2.31. The number of imidazole rings is 1. The number of benzene rings is 1. The maximum atomic E-state index is 13.6. The molecule has 0 atom stereocenters. The maximum Gasteiger partial charge on any atom is 0.162 e. The summed E-state index contributed by atoms with van der Waals surface area (Å²) >= 11 is 0. The number of nitrogens with zero attached hydrogens (tertiary/aromatic N) is 6. The lowest BCUT2D eigenvalue weighted by molar-refractivity contribution is 0.209. The van der Waals surface area contributed by atoms with Gasteiger partial charge in [0, 0.05) is 55.7 Å². The second-order valence-electron chi connectivity index (χ2n) is 8.15. The fourth-order valence-electron chi connectivity index (χ4n) is 4.14. The molecule has 0 saturated carbocycles. The molecular weight excluding hydrogens is 391 g/mol. The summed E-state index contributed by atoms with van der Waals surface area (Å²) in [5.74, 6) is 0.656. The molecule has 0 aliphatic carbocycles. The summed E-state index contributed by atoms with van der Waals surface area (Å²) in [6.07, 6.45) is 5.38. The third-order valence-corrected chi connectivity index (χ3v) is 5.95. The van der Waals surface area contributed by atoms with Crippen molar-refractivity contribution >= 4 is 11.5 Å². The van der Waals surface area contributed by atoms with E-state index in [9.17, 15) is 4.39 Å². The first-order valence-electron chi connectivity index (χ1n) is 10.6. The Morgan fingerprint density at radius 1 is 0.903 bits per heavy atom. The molecule has 4 heterocycles. The Hall–Kier alpha value is -3.32. The number of pyridine rings is 1. The van der Waals surface area contributed by atoms with Crippen molar-refractivity contribution in [3.63, 3.8) is 0 Å². The molecule has 1 aliphatic rings. The fraction of sp³-hybridized carbons (Fsp3) is 0.292. The molecule has 0 N–H and O–H groups in total. The molecule has 31 heavy (non-hydrogen) atoms. The standard InChI is InChI=1S/C24H25FN6/c1-17(2)29-11-13-30(14-12-29)23-15-21(18-3-5-20(25)6-4-18)24-27-16-22(31(24)28-23)19-7-9-26-10-8-19/h3-10,15-17H,11-14H2,1-2H3. The van der Waals surface area contributed by atoms with Gasteiger partial charge in [0.1, 0.15) is 11.6 Å². The van der Waals surface area contributed by atoms with Gasteiger partial charge in [0.05, 0.1) is 11.9 Å². The van der Waals surface area contributed by atoms with Crippen molar-refractivity contribution in [2.75, 3.05) is 31.1 Å². The minimum atomic E-state index is -0.250. The highest BCUT2D eigenvalue weighted by atomic mass is 19.1. The molecule has 158 valence electrons. The molecule has 1 fully saturated rings. The van der Waals surface area contributed by atoms with Crippen molar-refractivity contribution in [2.24, 2.45) is 0 Å². The van der Waals surface area contributed by atoms with Crippen LogP contribution in [0, 0.1) is 5.82 Å². The van der Waals surface area contributed by atoms with Crippen molar-refractivity contribution in [3.8, 4) is 22.4 Å². The van der Waals surface area contributed by atoms with Crippen LogP contribution in [0.25, 0.3) is 28.0 Å². The number of anilines is 1. The zero-order chi connectivity index (χ0) is 21.4. The monoisotopic (exact) mass is 416 g/mol. The van der Waals surface area contributed by atoms with Crippen molar-refractivity contribution in [1.82, 2.24) is 24.5 Å². The Bertz CT molecular complexity index is 1180. The predicted molar refractivity (Wildman–Crippen MR) is 121 cm³/mol. The van der Waals surface area contributed by atoms with E-state index in [0.29, 0.717) is 6.04 Å². The molecule has 1 saturated heterocycles. The lowest BCUT2D eigenvalue weighted by Crippen LogP contribution is -2.49. The summed E-state index contributed by atoms with van der Waals surface area (Å²) < 4.78 is 15.5. The zero-order valence-electron chi connectivity index (χ0n) is 17.7. The van der Waals surface area contributed by atoms with Crippen LogP contribution in [-0.2, 0) is 0 Å². The van der Waals surface area contributed by atoms with E-state index in [2.05, 4.69) is 39.7 Å². The van der Waals surface area contributed by atoms with Gasteiger partial charge >= 0.3 is 0 Å². The van der Waals surface area contributed by atoms with E-state index in [-0.39, 0.29) is 5.82 Å². The third-order valence-electron chi connectivity index (χ3n) is 5.95. The molecule has 0 amide bonds. The number of piperazine rings is 1. The SMILES string of the molecule is CC(C)N1CCN(c2cc(-c3ccc(F)cc3)c3ncc(-c4ccncc4)n3n2)CC1. The molecule has 0 unspecified atom stereocenters. The first kappa shape index (κ1) is 19.6. The van der Waals surface area contributed by atoms with E-state index in [1.807, 2.05) is 22.8 Å². The van der Waals surface area contributed by atoms with E-state index < -0.39 is 0 Å². The van der Waals surface area contributed by atoms with Crippen LogP contribution in [0.15, 0.2) is 61.1 Å². The summed E-state index contributed by atoms with van der Waals surface area (Å²) in [6, 6.07) is 13.1. The van der Waals surface area contributed by atoms with Gasteiger partial charge in [-0.05, 0) is 49.7 Å². The average molecular weight is 417 g/mol. The van der Waals surface area contributed by atoms with Crippen LogP contribution in [0.4, 0.5) is 10.2 Å². The van der Waals surface area contributed by atoms with Gasteiger partial charge in [0.15, 0.2) is 5.65 Å². The van der Waals surface area contributed by atoms with Crippen molar-refractivity contribution < 1.29 is 4.39 Å². The topological polar surface area (TPSA) is 49.6 Å². The molecule has 3 aromatic heterocycles. The summed E-state index contributed by atoms with van der Waals surface area (Å²) in [6.45, 7) is 8.31. The van der Waals surface area contributed by atoms with Gasteiger partial charge in [0.25, 0.3) is 0 Å². The minimum absolute atomic E-state index is 0.250. The van der Waals surface area contributed by atoms with Crippen molar-refractivity contribution in [3.05, 3.63) is 66.9 Å². The zero-order valence-corrected chi connectivity index (χ0v) is 17.7. The lowest BCUT2D eigenvalue weighted by atomic mass is 10.1. The Balaban J connectivity index is 1.63. The quantitative estimate of drug-likeness (QED) is 0.501. The number of halogens is 1. The van der Waals surface area contributed by atoms with Gasteiger partial charge in [-0.1, -0.05) is 12.1 Å². The summed E-state index contributed by atoms with van der Waals surface area (Å²) in [4.78, 5) is 13.6. The summed E-state index contributed by atoms with van der Waals surface area (Å²) in [5, 5.41) is 4.98. The van der Waals surface area contributed by atoms with Crippen molar-refractivity contribution in [2.45, 2.75) is 19.9 Å². The Morgan fingerprint density at radius 3 is 2.29 bits per heavy atom. The molecule has 0 bridgehead atoms. The van der Waals surface area contributed by atoms with E-state index in [0.717, 1.165) is 60.0 Å². The Kier molecular flexibility index (Phi) is 5.11. The van der Waals surface area contributed by atoms with Crippen LogP contribution in [0.3, 0.4) is 0 Å². The smallest absolute Gasteiger partial charge is 0.162 e.